The van der Waals surface area contributed by atoms with Crippen molar-refractivity contribution >= 4 is 15.9 Å². The number of sulfonamides is 1. The van der Waals surface area contributed by atoms with Crippen LogP contribution < -0.4 is 15.2 Å². The Kier molecular flexibility index (Phi) is 5.52. The Balaban J connectivity index is 3.14. The van der Waals surface area contributed by atoms with Gasteiger partial charge in [0.15, 0.2) is 6.61 Å². The molecule has 1 atom stereocenters. The SMILES string of the molecule is CCC(C)c1cc(S(N)(=O)=O)ccc1OCC(=O)NC. The zero-order valence-corrected chi connectivity index (χ0v) is 12.7. The van der Waals surface area contributed by atoms with Gasteiger partial charge in [0.05, 0.1) is 4.90 Å². The van der Waals surface area contributed by atoms with Gasteiger partial charge in [0.1, 0.15) is 5.75 Å². The Morgan fingerprint density at radius 1 is 1.45 bits per heavy atom. The number of rotatable bonds is 6. The summed E-state index contributed by atoms with van der Waals surface area (Å²) in [6, 6.07) is 4.41. The molecule has 1 amide bonds. The Morgan fingerprint density at radius 3 is 2.60 bits per heavy atom. The minimum atomic E-state index is -3.75. The molecule has 1 aromatic rings. The van der Waals surface area contributed by atoms with E-state index in [-0.39, 0.29) is 23.3 Å². The third-order valence-corrected chi connectivity index (χ3v) is 4.00. The highest BCUT2D eigenvalue weighted by Crippen LogP contribution is 2.30. The highest BCUT2D eigenvalue weighted by Gasteiger charge is 2.16. The molecule has 1 rings (SSSR count). The number of nitrogens with two attached hydrogens (primary N) is 1. The molecule has 0 aliphatic heterocycles. The van der Waals surface area contributed by atoms with E-state index in [4.69, 9.17) is 9.88 Å². The van der Waals surface area contributed by atoms with Crippen molar-refractivity contribution in [3.8, 4) is 5.75 Å². The molecule has 0 aromatic heterocycles. The molecular weight excluding hydrogens is 280 g/mol. The lowest BCUT2D eigenvalue weighted by Crippen LogP contribution is -2.25. The zero-order valence-electron chi connectivity index (χ0n) is 11.8. The lowest BCUT2D eigenvalue weighted by atomic mass is 9.98. The molecule has 0 aliphatic rings. The van der Waals surface area contributed by atoms with E-state index in [2.05, 4.69) is 5.32 Å². The summed E-state index contributed by atoms with van der Waals surface area (Å²) in [5, 5.41) is 7.58. The number of likely N-dealkylation sites (N-methyl/N-ethyl adjacent to an activating group) is 1. The molecular formula is C13H20N2O4S. The van der Waals surface area contributed by atoms with Crippen LogP contribution in [-0.4, -0.2) is 28.0 Å². The van der Waals surface area contributed by atoms with Gasteiger partial charge in [-0.3, -0.25) is 4.79 Å². The van der Waals surface area contributed by atoms with Gasteiger partial charge in [-0.05, 0) is 36.1 Å². The number of amides is 1. The fourth-order valence-corrected chi connectivity index (χ4v) is 2.20. The summed E-state index contributed by atoms with van der Waals surface area (Å²) < 4.78 is 28.2. The van der Waals surface area contributed by atoms with Gasteiger partial charge in [-0.25, -0.2) is 13.6 Å². The van der Waals surface area contributed by atoms with Crippen molar-refractivity contribution in [1.82, 2.24) is 5.32 Å². The van der Waals surface area contributed by atoms with Crippen molar-refractivity contribution in [1.29, 1.82) is 0 Å². The predicted octanol–water partition coefficient (Wildman–Crippen LogP) is 0.972. The molecule has 0 radical (unpaired) electrons. The van der Waals surface area contributed by atoms with Crippen LogP contribution in [0.1, 0.15) is 31.7 Å². The van der Waals surface area contributed by atoms with Crippen LogP contribution in [0.3, 0.4) is 0 Å². The van der Waals surface area contributed by atoms with E-state index in [9.17, 15) is 13.2 Å². The second-order valence-corrected chi connectivity index (χ2v) is 6.08. The second-order valence-electron chi connectivity index (χ2n) is 4.52. The average Bonchev–Trinajstić information content (AvgIpc) is 2.42. The summed E-state index contributed by atoms with van der Waals surface area (Å²) in [5.41, 5.74) is 0.725. The average molecular weight is 300 g/mol. The van der Waals surface area contributed by atoms with Gasteiger partial charge >= 0.3 is 0 Å². The summed E-state index contributed by atoms with van der Waals surface area (Å²) in [6.45, 7) is 3.82. The lowest BCUT2D eigenvalue weighted by molar-refractivity contribution is -0.122. The van der Waals surface area contributed by atoms with E-state index < -0.39 is 10.0 Å². The smallest absolute Gasteiger partial charge is 0.257 e. The Labute approximate surface area is 119 Å². The molecule has 0 heterocycles. The summed E-state index contributed by atoms with van der Waals surface area (Å²) in [5.74, 6) is 0.336. The summed E-state index contributed by atoms with van der Waals surface area (Å²) in [4.78, 5) is 11.3. The largest absolute Gasteiger partial charge is 0.483 e. The topological polar surface area (TPSA) is 98.5 Å². The van der Waals surface area contributed by atoms with Crippen molar-refractivity contribution in [2.75, 3.05) is 13.7 Å². The highest BCUT2D eigenvalue weighted by atomic mass is 32.2. The van der Waals surface area contributed by atoms with Gasteiger partial charge in [-0.15, -0.1) is 0 Å². The highest BCUT2D eigenvalue weighted by molar-refractivity contribution is 7.89. The van der Waals surface area contributed by atoms with Crippen LogP contribution in [-0.2, 0) is 14.8 Å². The molecule has 20 heavy (non-hydrogen) atoms. The van der Waals surface area contributed by atoms with E-state index in [1.54, 1.807) is 0 Å². The van der Waals surface area contributed by atoms with Crippen LogP contribution in [0.5, 0.6) is 5.75 Å². The maximum atomic E-state index is 11.4. The first-order valence-electron chi connectivity index (χ1n) is 6.29. The van der Waals surface area contributed by atoms with Crippen LogP contribution in [0.4, 0.5) is 0 Å². The molecule has 0 saturated heterocycles. The number of primary sulfonamides is 1. The molecule has 1 aromatic carbocycles. The van der Waals surface area contributed by atoms with E-state index >= 15 is 0 Å². The first-order chi connectivity index (χ1) is 9.29. The Bertz CT molecular complexity index is 584. The number of hydrogen-bond acceptors (Lipinski definition) is 4. The van der Waals surface area contributed by atoms with Gasteiger partial charge in [0.2, 0.25) is 10.0 Å². The van der Waals surface area contributed by atoms with E-state index in [0.717, 1.165) is 12.0 Å². The molecule has 0 spiro atoms. The molecule has 0 fully saturated rings. The fraction of sp³-hybridized carbons (Fsp3) is 0.462. The zero-order chi connectivity index (χ0) is 15.3. The number of benzene rings is 1. The number of hydrogen-bond donors (Lipinski definition) is 2. The maximum absolute atomic E-state index is 11.4. The quantitative estimate of drug-likeness (QED) is 0.818. The van der Waals surface area contributed by atoms with Crippen LogP contribution in [0.15, 0.2) is 23.1 Å². The fourth-order valence-electron chi connectivity index (χ4n) is 1.66. The van der Waals surface area contributed by atoms with Crippen molar-refractivity contribution in [2.24, 2.45) is 5.14 Å². The van der Waals surface area contributed by atoms with E-state index in [1.807, 2.05) is 13.8 Å². The second kappa shape index (κ2) is 6.71. The lowest BCUT2D eigenvalue weighted by Gasteiger charge is -2.16. The standard InChI is InChI=1S/C13H20N2O4S/c1-4-9(2)11-7-10(20(14,17)18)5-6-12(11)19-8-13(16)15-3/h5-7,9H,4,8H2,1-3H3,(H,15,16)(H2,14,17,18). The van der Waals surface area contributed by atoms with E-state index in [0.29, 0.717) is 5.75 Å². The normalized spacial score (nSPS) is 12.8. The molecule has 0 bridgehead atoms. The van der Waals surface area contributed by atoms with Gasteiger partial charge < -0.3 is 10.1 Å². The maximum Gasteiger partial charge on any atom is 0.257 e. The number of nitrogens with one attached hydrogen (secondary N) is 1. The van der Waals surface area contributed by atoms with Crippen LogP contribution in [0.2, 0.25) is 0 Å². The molecule has 112 valence electrons. The first kappa shape index (κ1) is 16.5. The Hall–Kier alpha value is -1.60. The van der Waals surface area contributed by atoms with Crippen LogP contribution in [0, 0.1) is 0 Å². The molecule has 1 unspecified atom stereocenters. The van der Waals surface area contributed by atoms with Crippen LogP contribution >= 0.6 is 0 Å². The first-order valence-corrected chi connectivity index (χ1v) is 7.84. The van der Waals surface area contributed by atoms with Crippen molar-refractivity contribution in [2.45, 2.75) is 31.1 Å². The molecule has 0 aliphatic carbocycles. The van der Waals surface area contributed by atoms with Gasteiger partial charge in [-0.1, -0.05) is 13.8 Å². The summed E-state index contributed by atoms with van der Waals surface area (Å²) in [7, 11) is -2.24. The number of carbonyl (C=O) groups excluding carboxylic acids is 1. The third kappa shape index (κ3) is 4.21. The predicted molar refractivity (Wildman–Crippen MR) is 76.1 cm³/mol. The van der Waals surface area contributed by atoms with Gasteiger partial charge in [0, 0.05) is 7.05 Å². The molecule has 7 heteroatoms. The van der Waals surface area contributed by atoms with E-state index in [1.165, 1.54) is 25.2 Å². The van der Waals surface area contributed by atoms with Crippen molar-refractivity contribution < 1.29 is 17.9 Å². The van der Waals surface area contributed by atoms with Crippen LogP contribution in [0.25, 0.3) is 0 Å². The minimum absolute atomic E-state index is 0.0418. The molecule has 6 nitrogen and oxygen atoms in total. The number of ether oxygens (including phenoxy) is 1. The van der Waals surface area contributed by atoms with Gasteiger partial charge in [-0.2, -0.15) is 0 Å². The number of carbonyl (C=O) groups is 1. The monoisotopic (exact) mass is 300 g/mol. The van der Waals surface area contributed by atoms with Crippen molar-refractivity contribution in [3.05, 3.63) is 23.8 Å². The van der Waals surface area contributed by atoms with Crippen molar-refractivity contribution in [3.63, 3.8) is 0 Å². The molecule has 0 saturated carbocycles. The Morgan fingerprint density at radius 2 is 2.10 bits per heavy atom. The minimum Gasteiger partial charge on any atom is -0.483 e. The third-order valence-electron chi connectivity index (χ3n) is 3.09. The molecule has 3 N–H and O–H groups in total. The summed E-state index contributed by atoms with van der Waals surface area (Å²) in [6.07, 6.45) is 0.810. The van der Waals surface area contributed by atoms with Gasteiger partial charge in [0.25, 0.3) is 5.91 Å². The summed E-state index contributed by atoms with van der Waals surface area (Å²) >= 11 is 0.